The van der Waals surface area contributed by atoms with E-state index in [1.54, 1.807) is 7.05 Å². The molecule has 1 aromatic rings. The SMILES string of the molecule is CN(C(=O)c1cc(N2CCNC2=O)c(F)cc1F)C1CCNCC1. The second kappa shape index (κ2) is 6.72. The molecule has 0 unspecified atom stereocenters. The maximum absolute atomic E-state index is 14.2. The average Bonchev–Trinajstić information content (AvgIpc) is 3.00. The molecule has 2 N–H and O–H groups in total. The Kier molecular flexibility index (Phi) is 4.66. The smallest absolute Gasteiger partial charge is 0.322 e. The fourth-order valence-electron chi connectivity index (χ4n) is 3.16. The molecular weight excluding hydrogens is 318 g/mol. The lowest BCUT2D eigenvalue weighted by atomic mass is 10.0. The summed E-state index contributed by atoms with van der Waals surface area (Å²) in [6.45, 7) is 2.26. The van der Waals surface area contributed by atoms with Gasteiger partial charge in [-0.15, -0.1) is 0 Å². The van der Waals surface area contributed by atoms with Gasteiger partial charge in [0.1, 0.15) is 11.6 Å². The molecule has 3 amide bonds. The summed E-state index contributed by atoms with van der Waals surface area (Å²) in [7, 11) is 1.63. The van der Waals surface area contributed by atoms with Gasteiger partial charge in [-0.3, -0.25) is 9.69 Å². The second-order valence-corrected chi connectivity index (χ2v) is 6.06. The zero-order chi connectivity index (χ0) is 17.3. The molecule has 2 aliphatic heterocycles. The summed E-state index contributed by atoms with van der Waals surface area (Å²) in [6, 6.07) is 1.37. The third-order valence-electron chi connectivity index (χ3n) is 4.59. The van der Waals surface area contributed by atoms with E-state index in [9.17, 15) is 18.4 Å². The average molecular weight is 338 g/mol. The van der Waals surface area contributed by atoms with E-state index >= 15 is 0 Å². The van der Waals surface area contributed by atoms with Crippen molar-refractivity contribution in [2.45, 2.75) is 18.9 Å². The van der Waals surface area contributed by atoms with E-state index in [2.05, 4.69) is 10.6 Å². The highest BCUT2D eigenvalue weighted by atomic mass is 19.1. The Morgan fingerprint density at radius 3 is 2.54 bits per heavy atom. The van der Waals surface area contributed by atoms with E-state index in [1.807, 2.05) is 0 Å². The number of nitrogens with one attached hydrogen (secondary N) is 2. The lowest BCUT2D eigenvalue weighted by Crippen LogP contribution is -2.44. The quantitative estimate of drug-likeness (QED) is 0.874. The summed E-state index contributed by atoms with van der Waals surface area (Å²) >= 11 is 0. The van der Waals surface area contributed by atoms with Crippen LogP contribution in [0.2, 0.25) is 0 Å². The van der Waals surface area contributed by atoms with Gasteiger partial charge in [-0.25, -0.2) is 13.6 Å². The van der Waals surface area contributed by atoms with Gasteiger partial charge in [-0.05, 0) is 32.0 Å². The number of amides is 3. The van der Waals surface area contributed by atoms with Crippen molar-refractivity contribution < 1.29 is 18.4 Å². The first-order valence-electron chi connectivity index (χ1n) is 8.01. The van der Waals surface area contributed by atoms with E-state index in [4.69, 9.17) is 0 Å². The summed E-state index contributed by atoms with van der Waals surface area (Å²) < 4.78 is 28.3. The van der Waals surface area contributed by atoms with Gasteiger partial charge >= 0.3 is 6.03 Å². The maximum atomic E-state index is 14.2. The molecule has 130 valence electrons. The lowest BCUT2D eigenvalue weighted by molar-refractivity contribution is 0.0698. The van der Waals surface area contributed by atoms with Crippen LogP contribution in [-0.2, 0) is 0 Å². The van der Waals surface area contributed by atoms with Crippen LogP contribution in [0.3, 0.4) is 0 Å². The van der Waals surface area contributed by atoms with E-state index in [0.29, 0.717) is 12.6 Å². The molecule has 24 heavy (non-hydrogen) atoms. The number of benzene rings is 1. The number of carbonyl (C=O) groups excluding carboxylic acids is 2. The summed E-state index contributed by atoms with van der Waals surface area (Å²) in [5.74, 6) is -2.27. The van der Waals surface area contributed by atoms with Gasteiger partial charge in [-0.2, -0.15) is 0 Å². The molecule has 2 fully saturated rings. The standard InChI is InChI=1S/C16H20F2N4O2/c1-21(10-2-4-19-5-3-10)15(23)11-8-14(13(18)9-12(11)17)22-7-6-20-16(22)24/h8-10,19H,2-7H2,1H3,(H,20,24). The minimum absolute atomic E-state index is 0.0155. The molecule has 2 heterocycles. The van der Waals surface area contributed by atoms with Gasteiger partial charge in [0, 0.05) is 32.2 Å². The molecule has 2 saturated heterocycles. The van der Waals surface area contributed by atoms with Crippen molar-refractivity contribution in [2.75, 3.05) is 38.1 Å². The molecule has 6 nitrogen and oxygen atoms in total. The van der Waals surface area contributed by atoms with Crippen molar-refractivity contribution in [2.24, 2.45) is 0 Å². The topological polar surface area (TPSA) is 64.7 Å². The van der Waals surface area contributed by atoms with Crippen LogP contribution in [0.25, 0.3) is 0 Å². The first kappa shape index (κ1) is 16.6. The number of halogens is 2. The Balaban J connectivity index is 1.89. The molecule has 0 bridgehead atoms. The summed E-state index contributed by atoms with van der Waals surface area (Å²) in [5, 5.41) is 5.76. The molecule has 0 spiro atoms. The number of carbonyl (C=O) groups is 2. The van der Waals surface area contributed by atoms with Crippen LogP contribution < -0.4 is 15.5 Å². The molecule has 0 atom stereocenters. The van der Waals surface area contributed by atoms with Crippen LogP contribution in [0.1, 0.15) is 23.2 Å². The monoisotopic (exact) mass is 338 g/mol. The molecule has 8 heteroatoms. The largest absolute Gasteiger partial charge is 0.339 e. The number of hydrogen-bond acceptors (Lipinski definition) is 3. The highest BCUT2D eigenvalue weighted by Crippen LogP contribution is 2.26. The van der Waals surface area contributed by atoms with Gasteiger partial charge < -0.3 is 15.5 Å². The summed E-state index contributed by atoms with van der Waals surface area (Å²) in [4.78, 5) is 27.1. The van der Waals surface area contributed by atoms with Crippen molar-refractivity contribution in [3.8, 4) is 0 Å². The van der Waals surface area contributed by atoms with Crippen molar-refractivity contribution in [1.29, 1.82) is 0 Å². The number of hydrogen-bond donors (Lipinski definition) is 2. The lowest BCUT2D eigenvalue weighted by Gasteiger charge is -2.32. The maximum Gasteiger partial charge on any atom is 0.322 e. The van der Waals surface area contributed by atoms with Crippen LogP contribution in [0.5, 0.6) is 0 Å². The molecular formula is C16H20F2N4O2. The first-order valence-corrected chi connectivity index (χ1v) is 8.01. The molecule has 0 saturated carbocycles. The van der Waals surface area contributed by atoms with Crippen LogP contribution in [0, 0.1) is 11.6 Å². The second-order valence-electron chi connectivity index (χ2n) is 6.06. The van der Waals surface area contributed by atoms with E-state index < -0.39 is 23.6 Å². The Morgan fingerprint density at radius 1 is 1.21 bits per heavy atom. The van der Waals surface area contributed by atoms with E-state index in [-0.39, 0.29) is 23.8 Å². The van der Waals surface area contributed by atoms with Gasteiger partial charge in [0.15, 0.2) is 0 Å². The molecule has 1 aromatic carbocycles. The number of rotatable bonds is 3. The highest BCUT2D eigenvalue weighted by molar-refractivity contribution is 5.98. The predicted octanol–water partition coefficient (Wildman–Crippen LogP) is 1.32. The molecule has 3 rings (SSSR count). The summed E-state index contributed by atoms with van der Waals surface area (Å²) in [6.07, 6.45) is 1.57. The van der Waals surface area contributed by atoms with Crippen molar-refractivity contribution in [3.05, 3.63) is 29.3 Å². The molecule has 0 radical (unpaired) electrons. The number of anilines is 1. The molecule has 0 aliphatic carbocycles. The Morgan fingerprint density at radius 2 is 1.92 bits per heavy atom. The van der Waals surface area contributed by atoms with E-state index in [1.165, 1.54) is 9.80 Å². The van der Waals surface area contributed by atoms with Crippen LogP contribution >= 0.6 is 0 Å². The van der Waals surface area contributed by atoms with Gasteiger partial charge in [0.2, 0.25) is 0 Å². The van der Waals surface area contributed by atoms with Crippen LogP contribution in [0.4, 0.5) is 19.3 Å². The van der Waals surface area contributed by atoms with Crippen molar-refractivity contribution in [1.82, 2.24) is 15.5 Å². The van der Waals surface area contributed by atoms with Crippen molar-refractivity contribution in [3.63, 3.8) is 0 Å². The molecule has 2 aliphatic rings. The third kappa shape index (κ3) is 3.06. The van der Waals surface area contributed by atoms with Crippen LogP contribution in [0.15, 0.2) is 12.1 Å². The minimum Gasteiger partial charge on any atom is -0.339 e. The zero-order valence-electron chi connectivity index (χ0n) is 13.4. The predicted molar refractivity (Wildman–Crippen MR) is 85.1 cm³/mol. The van der Waals surface area contributed by atoms with Gasteiger partial charge in [-0.1, -0.05) is 0 Å². The van der Waals surface area contributed by atoms with Gasteiger partial charge in [0.05, 0.1) is 11.3 Å². The van der Waals surface area contributed by atoms with Gasteiger partial charge in [0.25, 0.3) is 5.91 Å². The number of urea groups is 1. The fourth-order valence-corrected chi connectivity index (χ4v) is 3.16. The summed E-state index contributed by atoms with van der Waals surface area (Å²) in [5.41, 5.74) is -0.291. The van der Waals surface area contributed by atoms with Crippen molar-refractivity contribution >= 4 is 17.6 Å². The minimum atomic E-state index is -0.915. The zero-order valence-corrected chi connectivity index (χ0v) is 13.4. The molecule has 0 aromatic heterocycles. The Hall–Kier alpha value is -2.22. The first-order chi connectivity index (χ1) is 11.5. The fraction of sp³-hybridized carbons (Fsp3) is 0.500. The third-order valence-corrected chi connectivity index (χ3v) is 4.59. The highest BCUT2D eigenvalue weighted by Gasteiger charge is 2.29. The number of piperidine rings is 1. The van der Waals surface area contributed by atoms with Crippen LogP contribution in [-0.4, -0.2) is 56.1 Å². The Bertz CT molecular complexity index is 662. The number of nitrogens with zero attached hydrogens (tertiary/aromatic N) is 2. The Labute approximate surface area is 138 Å². The normalized spacial score (nSPS) is 18.6. The van der Waals surface area contributed by atoms with E-state index in [0.717, 1.165) is 32.0 Å².